The molecule has 0 aromatic heterocycles. The summed E-state index contributed by atoms with van der Waals surface area (Å²) in [7, 11) is 1.41. The first-order valence-electron chi connectivity index (χ1n) is 15.8. The molecular formula is C31H48N2O8. The van der Waals surface area contributed by atoms with E-state index in [-0.39, 0.29) is 47.7 Å². The summed E-state index contributed by atoms with van der Waals surface area (Å²) < 4.78 is 15.7. The van der Waals surface area contributed by atoms with Gasteiger partial charge >= 0.3 is 11.9 Å². The van der Waals surface area contributed by atoms with Crippen molar-refractivity contribution in [3.8, 4) is 0 Å². The van der Waals surface area contributed by atoms with E-state index >= 15 is 0 Å². The lowest BCUT2D eigenvalue weighted by Crippen LogP contribution is -2.53. The van der Waals surface area contributed by atoms with Crippen LogP contribution in [0.5, 0.6) is 0 Å². The molecule has 0 saturated carbocycles. The van der Waals surface area contributed by atoms with Gasteiger partial charge in [0.25, 0.3) is 0 Å². The fourth-order valence-electron chi connectivity index (χ4n) is 8.74. The highest BCUT2D eigenvalue weighted by Gasteiger charge is 2.52. The van der Waals surface area contributed by atoms with Crippen molar-refractivity contribution in [3.05, 3.63) is 0 Å². The van der Waals surface area contributed by atoms with Gasteiger partial charge in [-0.15, -0.1) is 0 Å². The molecule has 0 aromatic rings. The molecule has 6 saturated heterocycles. The molecule has 6 rings (SSSR count). The van der Waals surface area contributed by atoms with Crippen molar-refractivity contribution in [1.82, 2.24) is 9.80 Å². The molecule has 0 aliphatic carbocycles. The molecule has 6 aliphatic rings. The summed E-state index contributed by atoms with van der Waals surface area (Å²) in [6.07, 6.45) is 8.99. The van der Waals surface area contributed by atoms with Crippen molar-refractivity contribution in [1.29, 1.82) is 0 Å². The Bertz CT molecular complexity index is 977. The van der Waals surface area contributed by atoms with Crippen molar-refractivity contribution in [2.75, 3.05) is 33.5 Å². The van der Waals surface area contributed by atoms with Crippen LogP contribution in [0.1, 0.15) is 78.1 Å². The van der Waals surface area contributed by atoms with Crippen molar-refractivity contribution in [3.63, 3.8) is 0 Å². The van der Waals surface area contributed by atoms with Crippen LogP contribution in [-0.4, -0.2) is 96.4 Å². The Morgan fingerprint density at radius 1 is 0.707 bits per heavy atom. The smallest absolute Gasteiger partial charge is 0.328 e. The quantitative estimate of drug-likeness (QED) is 0.507. The summed E-state index contributed by atoms with van der Waals surface area (Å²) in [5, 5.41) is 9.37. The molecule has 8 atom stereocenters. The molecular weight excluding hydrogens is 528 g/mol. The number of fused-ring (bicyclic) bond motifs is 2. The first-order chi connectivity index (χ1) is 19.7. The van der Waals surface area contributed by atoms with Crippen LogP contribution >= 0.6 is 0 Å². The number of hydrogen-bond donors (Lipinski definition) is 1. The number of methoxy groups -OCH3 is 1. The summed E-state index contributed by atoms with van der Waals surface area (Å²) in [6, 6.07) is -0.618. The Labute approximate surface area is 243 Å². The minimum atomic E-state index is -0.847. The Morgan fingerprint density at radius 2 is 1.12 bits per heavy atom. The summed E-state index contributed by atoms with van der Waals surface area (Å²) >= 11 is 0. The van der Waals surface area contributed by atoms with Gasteiger partial charge in [-0.2, -0.15) is 0 Å². The minimum absolute atomic E-state index is 0.0160. The number of rotatable bonds is 4. The Balaban J connectivity index is 0.000000165. The Kier molecular flexibility index (Phi) is 9.58. The number of hydrogen-bond acceptors (Lipinski definition) is 7. The van der Waals surface area contributed by atoms with Gasteiger partial charge in [0.15, 0.2) is 0 Å². The monoisotopic (exact) mass is 576 g/mol. The van der Waals surface area contributed by atoms with Crippen LogP contribution in [0, 0.1) is 35.5 Å². The van der Waals surface area contributed by atoms with E-state index in [1.54, 1.807) is 4.90 Å². The van der Waals surface area contributed by atoms with Gasteiger partial charge in [-0.05, 0) is 87.9 Å². The van der Waals surface area contributed by atoms with E-state index in [4.69, 9.17) is 14.2 Å². The highest BCUT2D eigenvalue weighted by atomic mass is 16.5. The third kappa shape index (κ3) is 6.01. The second kappa shape index (κ2) is 13.0. The van der Waals surface area contributed by atoms with Gasteiger partial charge in [0.05, 0.1) is 7.11 Å². The van der Waals surface area contributed by atoms with Gasteiger partial charge in [-0.3, -0.25) is 9.59 Å². The Morgan fingerprint density at radius 3 is 1.54 bits per heavy atom. The van der Waals surface area contributed by atoms with E-state index < -0.39 is 12.0 Å². The van der Waals surface area contributed by atoms with Crippen LogP contribution in [0.3, 0.4) is 0 Å². The van der Waals surface area contributed by atoms with Gasteiger partial charge in [0.1, 0.15) is 12.1 Å². The number of piperidine rings is 2. The molecule has 1 N–H and O–H groups in total. The second-order valence-corrected chi connectivity index (χ2v) is 13.2. The lowest BCUT2D eigenvalue weighted by atomic mass is 9.78. The van der Waals surface area contributed by atoms with E-state index in [9.17, 15) is 24.3 Å². The van der Waals surface area contributed by atoms with Crippen LogP contribution in [0.15, 0.2) is 0 Å². The lowest BCUT2D eigenvalue weighted by molar-refractivity contribution is -0.158. The fraction of sp³-hybridized carbons (Fsp3) is 0.871. The maximum Gasteiger partial charge on any atom is 0.328 e. The fourth-order valence-corrected chi connectivity index (χ4v) is 8.74. The standard InChI is InChI=1S/C16H25NO4.C15H23NO4/c1-10-9-14(16(19)20-2)17-13(10)4-3-12(15(17)18)11-5-7-21-8-6-11;1-9-8-13(15(18)19)16-12(9)3-2-11(14(16)17)10-4-6-20-7-5-10/h10-14H,3-9H2,1-2H3;9-13H,2-8H2,1H3,(H,18,19)/t10-,12-,13-,14+;9-,11-,12-,13+/m11/s1. The van der Waals surface area contributed by atoms with E-state index in [1.807, 2.05) is 4.90 Å². The van der Waals surface area contributed by atoms with E-state index in [0.29, 0.717) is 30.1 Å². The number of carbonyl (C=O) groups is 4. The van der Waals surface area contributed by atoms with Gasteiger partial charge < -0.3 is 29.1 Å². The van der Waals surface area contributed by atoms with Crippen molar-refractivity contribution >= 4 is 23.8 Å². The number of esters is 1. The zero-order valence-corrected chi connectivity index (χ0v) is 24.9. The second-order valence-electron chi connectivity index (χ2n) is 13.2. The third-order valence-corrected chi connectivity index (χ3v) is 11.0. The molecule has 0 bridgehead atoms. The van der Waals surface area contributed by atoms with Gasteiger partial charge in [0, 0.05) is 50.3 Å². The predicted octanol–water partition coefficient (Wildman–Crippen LogP) is 3.11. The van der Waals surface area contributed by atoms with Crippen LogP contribution in [0.2, 0.25) is 0 Å². The average molecular weight is 577 g/mol. The molecule has 0 aromatic carbocycles. The molecule has 10 heteroatoms. The maximum atomic E-state index is 13.0. The first kappa shape index (κ1) is 30.3. The van der Waals surface area contributed by atoms with Crippen LogP contribution < -0.4 is 0 Å². The first-order valence-corrected chi connectivity index (χ1v) is 15.8. The normalized spacial score (nSPS) is 38.1. The highest BCUT2D eigenvalue weighted by molar-refractivity contribution is 5.88. The van der Waals surface area contributed by atoms with Crippen molar-refractivity contribution in [2.45, 2.75) is 102 Å². The number of carboxylic acid groups (broad SMARTS) is 1. The predicted molar refractivity (Wildman–Crippen MR) is 149 cm³/mol. The lowest BCUT2D eigenvalue weighted by Gasteiger charge is -2.41. The largest absolute Gasteiger partial charge is 0.480 e. The zero-order chi connectivity index (χ0) is 29.3. The number of nitrogens with zero attached hydrogens (tertiary/aromatic N) is 2. The minimum Gasteiger partial charge on any atom is -0.480 e. The van der Waals surface area contributed by atoms with Gasteiger partial charge in [-0.25, -0.2) is 9.59 Å². The summed E-state index contributed by atoms with van der Waals surface area (Å²) in [5.74, 6) is 0.728. The Hall–Kier alpha value is -2.20. The van der Waals surface area contributed by atoms with Crippen molar-refractivity contribution < 1.29 is 38.5 Å². The number of amides is 2. The van der Waals surface area contributed by atoms with E-state index in [0.717, 1.165) is 84.2 Å². The molecule has 10 nitrogen and oxygen atoms in total. The summed E-state index contributed by atoms with van der Waals surface area (Å²) in [6.45, 7) is 7.20. The van der Waals surface area contributed by atoms with Crippen LogP contribution in [-0.2, 0) is 33.4 Å². The highest BCUT2D eigenvalue weighted by Crippen LogP contribution is 2.43. The van der Waals surface area contributed by atoms with Gasteiger partial charge in [0.2, 0.25) is 11.8 Å². The topological polar surface area (TPSA) is 123 Å². The molecule has 2 amide bonds. The number of aliphatic carboxylic acids is 1. The van der Waals surface area contributed by atoms with E-state index in [2.05, 4.69) is 13.8 Å². The maximum absolute atomic E-state index is 13.0. The summed E-state index contributed by atoms with van der Waals surface area (Å²) in [5.41, 5.74) is 0. The molecule has 41 heavy (non-hydrogen) atoms. The third-order valence-electron chi connectivity index (χ3n) is 11.0. The number of ether oxygens (including phenoxy) is 3. The summed E-state index contributed by atoms with van der Waals surface area (Å²) in [4.78, 5) is 52.7. The number of carboxylic acids is 1. The van der Waals surface area contributed by atoms with Crippen LogP contribution in [0.25, 0.3) is 0 Å². The molecule has 0 spiro atoms. The molecule has 230 valence electrons. The van der Waals surface area contributed by atoms with Gasteiger partial charge in [-0.1, -0.05) is 13.8 Å². The van der Waals surface area contributed by atoms with Crippen LogP contribution in [0.4, 0.5) is 0 Å². The zero-order valence-electron chi connectivity index (χ0n) is 24.9. The van der Waals surface area contributed by atoms with E-state index in [1.165, 1.54) is 7.11 Å². The molecule has 6 aliphatic heterocycles. The number of carbonyl (C=O) groups excluding carboxylic acids is 3. The SMILES string of the molecule is COC(=O)[C@@H]1C[C@@H](C)[C@H]2CC[C@H](C3CCOCC3)C(=O)N21.C[C@@H]1C[C@@H](C(=O)O)N2C(=O)[C@@H](C3CCOCC3)CC[C@H]12. The molecule has 0 radical (unpaired) electrons. The average Bonchev–Trinajstić information content (AvgIpc) is 3.52. The molecule has 0 unspecified atom stereocenters. The molecule has 6 fully saturated rings. The van der Waals surface area contributed by atoms with Crippen molar-refractivity contribution in [2.24, 2.45) is 35.5 Å². The molecule has 6 heterocycles.